The molecule has 1 aromatic rings. The first-order valence-electron chi connectivity index (χ1n) is 5.40. The van der Waals surface area contributed by atoms with Crippen LogP contribution in [0.25, 0.3) is 0 Å². The van der Waals surface area contributed by atoms with Crippen molar-refractivity contribution in [2.24, 2.45) is 11.8 Å². The topological polar surface area (TPSA) is 55.6 Å². The third-order valence-corrected chi connectivity index (χ3v) is 3.06. The lowest BCUT2D eigenvalue weighted by Crippen LogP contribution is -2.24. The number of methoxy groups -OCH3 is 1. The van der Waals surface area contributed by atoms with Gasteiger partial charge in [0.05, 0.1) is 25.8 Å². The van der Waals surface area contributed by atoms with Gasteiger partial charge in [-0.15, -0.1) is 0 Å². The highest BCUT2D eigenvalue weighted by molar-refractivity contribution is 5.73. The highest BCUT2D eigenvalue weighted by atomic mass is 16.5. The lowest BCUT2D eigenvalue weighted by molar-refractivity contribution is -0.146. The van der Waals surface area contributed by atoms with Crippen LogP contribution in [0.4, 0.5) is 0 Å². The van der Waals surface area contributed by atoms with E-state index in [9.17, 15) is 4.79 Å². The van der Waals surface area contributed by atoms with Crippen LogP contribution in [-0.4, -0.2) is 36.2 Å². The molecule has 2 rings (SSSR count). The number of rotatable bonds is 3. The second-order valence-corrected chi connectivity index (χ2v) is 4.28. The zero-order valence-corrected chi connectivity index (χ0v) is 9.55. The maximum atomic E-state index is 11.5. The average molecular weight is 224 g/mol. The molecular weight excluding hydrogens is 208 g/mol. The van der Waals surface area contributed by atoms with Crippen molar-refractivity contribution in [1.82, 2.24) is 10.1 Å². The zero-order valence-electron chi connectivity index (χ0n) is 9.55. The summed E-state index contributed by atoms with van der Waals surface area (Å²) in [6.07, 6.45) is 1.63. The van der Waals surface area contributed by atoms with Gasteiger partial charge in [-0.05, 0) is 5.92 Å². The Bertz CT molecular complexity index is 350. The maximum absolute atomic E-state index is 11.5. The molecule has 16 heavy (non-hydrogen) atoms. The summed E-state index contributed by atoms with van der Waals surface area (Å²) in [4.78, 5) is 13.7. The van der Waals surface area contributed by atoms with Gasteiger partial charge in [0, 0.05) is 19.2 Å². The molecule has 1 aliphatic heterocycles. The third kappa shape index (κ3) is 2.24. The van der Waals surface area contributed by atoms with Crippen LogP contribution < -0.4 is 0 Å². The van der Waals surface area contributed by atoms with Crippen LogP contribution in [0, 0.1) is 11.8 Å². The number of aromatic nitrogens is 1. The molecule has 0 saturated carbocycles. The van der Waals surface area contributed by atoms with Crippen LogP contribution in [0.3, 0.4) is 0 Å². The van der Waals surface area contributed by atoms with E-state index in [-0.39, 0.29) is 11.9 Å². The highest BCUT2D eigenvalue weighted by Crippen LogP contribution is 2.25. The number of ether oxygens (including phenoxy) is 1. The largest absolute Gasteiger partial charge is 0.469 e. The van der Waals surface area contributed by atoms with E-state index in [2.05, 4.69) is 17.0 Å². The number of esters is 1. The number of hydrogen-bond donors (Lipinski definition) is 0. The molecule has 1 fully saturated rings. The fourth-order valence-corrected chi connectivity index (χ4v) is 2.20. The van der Waals surface area contributed by atoms with Crippen LogP contribution in [0.1, 0.15) is 12.7 Å². The van der Waals surface area contributed by atoms with E-state index in [0.717, 1.165) is 18.8 Å². The van der Waals surface area contributed by atoms with Gasteiger partial charge in [-0.3, -0.25) is 9.69 Å². The Morgan fingerprint density at radius 2 is 2.50 bits per heavy atom. The van der Waals surface area contributed by atoms with Crippen LogP contribution in [-0.2, 0) is 16.1 Å². The Kier molecular flexibility index (Phi) is 3.24. The summed E-state index contributed by atoms with van der Waals surface area (Å²) in [5, 5.41) is 3.66. The van der Waals surface area contributed by atoms with E-state index in [4.69, 9.17) is 9.26 Å². The van der Waals surface area contributed by atoms with Crippen molar-refractivity contribution in [2.45, 2.75) is 13.5 Å². The van der Waals surface area contributed by atoms with Gasteiger partial charge in [0.15, 0.2) is 5.76 Å². The molecule has 0 aromatic carbocycles. The fourth-order valence-electron chi connectivity index (χ4n) is 2.20. The molecule has 0 radical (unpaired) electrons. The van der Waals surface area contributed by atoms with Crippen LogP contribution in [0.15, 0.2) is 16.8 Å². The summed E-state index contributed by atoms with van der Waals surface area (Å²) in [6.45, 7) is 4.40. The second-order valence-electron chi connectivity index (χ2n) is 4.28. The molecule has 2 atom stereocenters. The van der Waals surface area contributed by atoms with Crippen molar-refractivity contribution in [1.29, 1.82) is 0 Å². The van der Waals surface area contributed by atoms with Crippen molar-refractivity contribution >= 4 is 5.97 Å². The Balaban J connectivity index is 1.93. The lowest BCUT2D eigenvalue weighted by Gasteiger charge is -2.12. The molecule has 0 amide bonds. The van der Waals surface area contributed by atoms with E-state index >= 15 is 0 Å². The van der Waals surface area contributed by atoms with Gasteiger partial charge >= 0.3 is 5.97 Å². The Hall–Kier alpha value is -1.36. The maximum Gasteiger partial charge on any atom is 0.310 e. The summed E-state index contributed by atoms with van der Waals surface area (Å²) in [7, 11) is 1.44. The molecule has 2 unspecified atom stereocenters. The van der Waals surface area contributed by atoms with Gasteiger partial charge in [0.25, 0.3) is 0 Å². The summed E-state index contributed by atoms with van der Waals surface area (Å²) in [6, 6.07) is 1.84. The smallest absolute Gasteiger partial charge is 0.310 e. The van der Waals surface area contributed by atoms with Crippen LogP contribution in [0.2, 0.25) is 0 Å². The Morgan fingerprint density at radius 1 is 1.69 bits per heavy atom. The van der Waals surface area contributed by atoms with Gasteiger partial charge in [0.2, 0.25) is 0 Å². The number of carbonyl (C=O) groups excluding carboxylic acids is 1. The zero-order chi connectivity index (χ0) is 11.5. The Morgan fingerprint density at radius 3 is 3.12 bits per heavy atom. The summed E-state index contributed by atoms with van der Waals surface area (Å²) >= 11 is 0. The predicted molar refractivity (Wildman–Crippen MR) is 56.5 cm³/mol. The van der Waals surface area contributed by atoms with Crippen molar-refractivity contribution in [3.8, 4) is 0 Å². The van der Waals surface area contributed by atoms with E-state index in [1.807, 2.05) is 6.07 Å². The monoisotopic (exact) mass is 224 g/mol. The number of nitrogens with zero attached hydrogens (tertiary/aromatic N) is 2. The third-order valence-electron chi connectivity index (χ3n) is 3.06. The summed E-state index contributed by atoms with van der Waals surface area (Å²) in [5.41, 5.74) is 0. The second kappa shape index (κ2) is 4.65. The average Bonchev–Trinajstić information content (AvgIpc) is 2.88. The number of likely N-dealkylation sites (tertiary alicyclic amines) is 1. The molecule has 0 bridgehead atoms. The minimum Gasteiger partial charge on any atom is -0.469 e. The van der Waals surface area contributed by atoms with Crippen molar-refractivity contribution in [3.05, 3.63) is 18.0 Å². The first-order valence-corrected chi connectivity index (χ1v) is 5.40. The fraction of sp³-hybridized carbons (Fsp3) is 0.636. The van der Waals surface area contributed by atoms with Gasteiger partial charge < -0.3 is 9.26 Å². The minimum absolute atomic E-state index is 0.0204. The standard InChI is InChI=1S/C11H16N2O3/c1-8-5-13(6-9-3-4-12-16-9)7-10(8)11(14)15-2/h3-4,8,10H,5-7H2,1-2H3. The normalized spacial score (nSPS) is 25.9. The number of hydrogen-bond acceptors (Lipinski definition) is 5. The molecule has 2 heterocycles. The highest BCUT2D eigenvalue weighted by Gasteiger charge is 2.35. The predicted octanol–water partition coefficient (Wildman–Crippen LogP) is 0.915. The van der Waals surface area contributed by atoms with Crippen molar-refractivity contribution in [2.75, 3.05) is 20.2 Å². The van der Waals surface area contributed by atoms with Gasteiger partial charge in [-0.2, -0.15) is 0 Å². The molecule has 1 aliphatic rings. The lowest BCUT2D eigenvalue weighted by atomic mass is 9.99. The van der Waals surface area contributed by atoms with Crippen molar-refractivity contribution < 1.29 is 14.1 Å². The van der Waals surface area contributed by atoms with Gasteiger partial charge in [-0.1, -0.05) is 12.1 Å². The molecule has 5 nitrogen and oxygen atoms in total. The molecule has 0 aliphatic carbocycles. The van der Waals surface area contributed by atoms with E-state index < -0.39 is 0 Å². The van der Waals surface area contributed by atoms with Crippen LogP contribution >= 0.6 is 0 Å². The van der Waals surface area contributed by atoms with Crippen LogP contribution in [0.5, 0.6) is 0 Å². The molecule has 0 spiro atoms. The first kappa shape index (κ1) is 11.1. The van der Waals surface area contributed by atoms with E-state index in [1.54, 1.807) is 6.20 Å². The Labute approximate surface area is 94.3 Å². The summed E-state index contributed by atoms with van der Waals surface area (Å²) < 4.78 is 9.83. The molecule has 88 valence electrons. The SMILES string of the molecule is COC(=O)C1CN(Cc2ccno2)CC1C. The first-order chi connectivity index (χ1) is 7.70. The number of carbonyl (C=O) groups is 1. The minimum atomic E-state index is -0.118. The summed E-state index contributed by atoms with van der Waals surface area (Å²) in [5.74, 6) is 1.02. The molecule has 1 aromatic heterocycles. The molecular formula is C11H16N2O3. The van der Waals surface area contributed by atoms with Gasteiger partial charge in [0.1, 0.15) is 0 Å². The molecule has 5 heteroatoms. The quantitative estimate of drug-likeness (QED) is 0.714. The van der Waals surface area contributed by atoms with Gasteiger partial charge in [-0.25, -0.2) is 0 Å². The molecule has 1 saturated heterocycles. The van der Waals surface area contributed by atoms with E-state index in [0.29, 0.717) is 12.5 Å². The molecule has 0 N–H and O–H groups in total. The van der Waals surface area contributed by atoms with Crippen molar-refractivity contribution in [3.63, 3.8) is 0 Å². The van der Waals surface area contributed by atoms with E-state index in [1.165, 1.54) is 7.11 Å².